The van der Waals surface area contributed by atoms with Crippen molar-refractivity contribution in [3.05, 3.63) is 58.6 Å². The van der Waals surface area contributed by atoms with Crippen LogP contribution in [-0.4, -0.2) is 38.6 Å². The molecule has 6 nitrogen and oxygen atoms in total. The van der Waals surface area contributed by atoms with Crippen molar-refractivity contribution in [2.24, 2.45) is 5.92 Å². The summed E-state index contributed by atoms with van der Waals surface area (Å²) in [6.07, 6.45) is 0. The van der Waals surface area contributed by atoms with Gasteiger partial charge in [-0.3, -0.25) is 4.79 Å². The number of hydrogen-bond acceptors (Lipinski definition) is 5. The van der Waals surface area contributed by atoms with Gasteiger partial charge in [0.2, 0.25) is 0 Å². The van der Waals surface area contributed by atoms with Crippen LogP contribution in [0.2, 0.25) is 5.02 Å². The molecule has 0 N–H and O–H groups in total. The zero-order valence-corrected chi connectivity index (χ0v) is 18.6. The van der Waals surface area contributed by atoms with E-state index in [2.05, 4.69) is 0 Å². The van der Waals surface area contributed by atoms with Crippen molar-refractivity contribution in [3.8, 4) is 11.5 Å². The van der Waals surface area contributed by atoms with Crippen LogP contribution >= 0.6 is 11.6 Å². The average Bonchev–Trinajstić information content (AvgIpc) is 2.67. The number of hydrogen-bond donors (Lipinski definition) is 0. The molecule has 0 unspecified atom stereocenters. The van der Waals surface area contributed by atoms with Gasteiger partial charge in [-0.15, -0.1) is 0 Å². The van der Waals surface area contributed by atoms with E-state index in [1.165, 1.54) is 14.0 Å². The van der Waals surface area contributed by atoms with Crippen LogP contribution < -0.4 is 8.92 Å². The Kier molecular flexibility index (Phi) is 7.93. The molecule has 1 amide bonds. The summed E-state index contributed by atoms with van der Waals surface area (Å²) in [6.45, 7) is 6.39. The molecule has 29 heavy (non-hydrogen) atoms. The molecule has 0 saturated heterocycles. The van der Waals surface area contributed by atoms with Gasteiger partial charge >= 0.3 is 10.1 Å². The highest BCUT2D eigenvalue weighted by atomic mass is 35.5. The predicted octanol–water partition coefficient (Wildman–Crippen LogP) is 4.38. The number of rotatable bonds is 9. The number of carbonyl (C=O) groups is 1. The molecule has 2 aromatic rings. The predicted molar refractivity (Wildman–Crippen MR) is 114 cm³/mol. The molecule has 158 valence electrons. The van der Waals surface area contributed by atoms with Crippen molar-refractivity contribution in [1.82, 2.24) is 4.90 Å². The molecule has 0 spiro atoms. The number of carbonyl (C=O) groups excluding carboxylic acids is 1. The van der Waals surface area contributed by atoms with Gasteiger partial charge in [0.1, 0.15) is 0 Å². The maximum absolute atomic E-state index is 13.0. The molecular weight excluding hydrogens is 414 g/mol. The lowest BCUT2D eigenvalue weighted by molar-refractivity contribution is 0.0722. The Balaban J connectivity index is 2.32. The Hall–Kier alpha value is -2.25. The SMILES string of the molecule is CCS(=O)(=O)Oc1cc(CN(CC(C)C)C(=O)c2ccc(Cl)cc2)ccc1OC. The summed E-state index contributed by atoms with van der Waals surface area (Å²) in [5.41, 5.74) is 1.27. The molecule has 0 bridgehead atoms. The molecule has 0 fully saturated rings. The molecule has 0 aromatic heterocycles. The largest absolute Gasteiger partial charge is 0.493 e. The lowest BCUT2D eigenvalue weighted by atomic mass is 10.1. The van der Waals surface area contributed by atoms with Crippen LogP contribution in [0.25, 0.3) is 0 Å². The van der Waals surface area contributed by atoms with Crippen LogP contribution in [0.4, 0.5) is 0 Å². The Bertz CT molecular complexity index is 942. The Labute approximate surface area is 177 Å². The fourth-order valence-electron chi connectivity index (χ4n) is 2.74. The molecule has 2 aromatic carbocycles. The van der Waals surface area contributed by atoms with Gasteiger partial charge in [0, 0.05) is 23.7 Å². The molecule has 8 heteroatoms. The van der Waals surface area contributed by atoms with E-state index in [1.54, 1.807) is 47.4 Å². The molecule has 0 aliphatic heterocycles. The fraction of sp³-hybridized carbons (Fsp3) is 0.381. The molecule has 0 atom stereocenters. The van der Waals surface area contributed by atoms with E-state index in [-0.39, 0.29) is 23.3 Å². The minimum absolute atomic E-state index is 0.107. The maximum atomic E-state index is 13.0. The van der Waals surface area contributed by atoms with Crippen LogP contribution in [0.1, 0.15) is 36.7 Å². The number of methoxy groups -OCH3 is 1. The topological polar surface area (TPSA) is 72.9 Å². The van der Waals surface area contributed by atoms with Crippen molar-refractivity contribution in [2.45, 2.75) is 27.3 Å². The van der Waals surface area contributed by atoms with E-state index in [9.17, 15) is 13.2 Å². The second-order valence-electron chi connectivity index (χ2n) is 7.00. The maximum Gasteiger partial charge on any atom is 0.309 e. The normalized spacial score (nSPS) is 11.4. The van der Waals surface area contributed by atoms with E-state index in [1.807, 2.05) is 13.8 Å². The van der Waals surface area contributed by atoms with Crippen molar-refractivity contribution in [1.29, 1.82) is 0 Å². The standard InChI is InChI=1S/C21H26ClNO5S/c1-5-29(25,26)28-20-12-16(6-11-19(20)27-4)14-23(13-15(2)3)21(24)17-7-9-18(22)10-8-17/h6-12,15H,5,13-14H2,1-4H3. The molecule has 2 rings (SSSR count). The van der Waals surface area contributed by atoms with Crippen LogP contribution in [0, 0.1) is 5.92 Å². The van der Waals surface area contributed by atoms with E-state index < -0.39 is 10.1 Å². The molecule has 0 aliphatic rings. The second-order valence-corrected chi connectivity index (χ2v) is 9.30. The van der Waals surface area contributed by atoms with Crippen LogP contribution in [0.15, 0.2) is 42.5 Å². The summed E-state index contributed by atoms with van der Waals surface area (Å²) in [7, 11) is -2.27. The summed E-state index contributed by atoms with van der Waals surface area (Å²) >= 11 is 5.92. The van der Waals surface area contributed by atoms with Crippen molar-refractivity contribution < 1.29 is 22.1 Å². The third kappa shape index (κ3) is 6.65. The van der Waals surface area contributed by atoms with E-state index in [0.29, 0.717) is 29.4 Å². The number of benzene rings is 2. The van der Waals surface area contributed by atoms with Gasteiger partial charge < -0.3 is 13.8 Å². The Morgan fingerprint density at radius 3 is 2.31 bits per heavy atom. The van der Waals surface area contributed by atoms with Gasteiger partial charge in [-0.05, 0) is 54.8 Å². The molecule has 0 aliphatic carbocycles. The first kappa shape index (κ1) is 23.0. The highest BCUT2D eigenvalue weighted by Crippen LogP contribution is 2.30. The quantitative estimate of drug-likeness (QED) is 0.542. The van der Waals surface area contributed by atoms with Gasteiger partial charge in [0.05, 0.1) is 12.9 Å². The number of halogens is 1. The number of ether oxygens (including phenoxy) is 1. The highest BCUT2D eigenvalue weighted by Gasteiger charge is 2.20. The Morgan fingerprint density at radius 1 is 1.10 bits per heavy atom. The van der Waals surface area contributed by atoms with Gasteiger partial charge in [0.25, 0.3) is 5.91 Å². The molecule has 0 radical (unpaired) electrons. The smallest absolute Gasteiger partial charge is 0.309 e. The molecule has 0 saturated carbocycles. The minimum atomic E-state index is -3.71. The first-order valence-electron chi connectivity index (χ1n) is 9.29. The first-order chi connectivity index (χ1) is 13.6. The van der Waals surface area contributed by atoms with Gasteiger partial charge in [-0.25, -0.2) is 0 Å². The average molecular weight is 440 g/mol. The summed E-state index contributed by atoms with van der Waals surface area (Å²) in [6, 6.07) is 11.7. The van der Waals surface area contributed by atoms with E-state index >= 15 is 0 Å². The summed E-state index contributed by atoms with van der Waals surface area (Å²) in [5.74, 6) is 0.380. The fourth-order valence-corrected chi connectivity index (χ4v) is 3.38. The van der Waals surface area contributed by atoms with E-state index in [0.717, 1.165) is 5.56 Å². The van der Waals surface area contributed by atoms with Crippen LogP contribution in [-0.2, 0) is 16.7 Å². The van der Waals surface area contributed by atoms with Gasteiger partial charge in [-0.2, -0.15) is 8.42 Å². The molecule has 0 heterocycles. The summed E-state index contributed by atoms with van der Waals surface area (Å²) in [4.78, 5) is 14.7. The minimum Gasteiger partial charge on any atom is -0.493 e. The van der Waals surface area contributed by atoms with Gasteiger partial charge in [-0.1, -0.05) is 31.5 Å². The van der Waals surface area contributed by atoms with Gasteiger partial charge in [0.15, 0.2) is 11.5 Å². The lowest BCUT2D eigenvalue weighted by Crippen LogP contribution is -2.33. The number of nitrogens with zero attached hydrogens (tertiary/aromatic N) is 1. The zero-order chi connectivity index (χ0) is 21.6. The third-order valence-corrected chi connectivity index (χ3v) is 5.53. The first-order valence-corrected chi connectivity index (χ1v) is 11.2. The summed E-state index contributed by atoms with van der Waals surface area (Å²) in [5, 5.41) is 0.561. The highest BCUT2D eigenvalue weighted by molar-refractivity contribution is 7.87. The third-order valence-electron chi connectivity index (χ3n) is 4.14. The zero-order valence-electron chi connectivity index (χ0n) is 17.0. The van der Waals surface area contributed by atoms with Crippen LogP contribution in [0.3, 0.4) is 0 Å². The molecular formula is C21H26ClNO5S. The van der Waals surface area contributed by atoms with Crippen molar-refractivity contribution in [2.75, 3.05) is 19.4 Å². The van der Waals surface area contributed by atoms with E-state index in [4.69, 9.17) is 20.5 Å². The van der Waals surface area contributed by atoms with Crippen molar-refractivity contribution >= 4 is 27.6 Å². The summed E-state index contributed by atoms with van der Waals surface area (Å²) < 4.78 is 34.1. The lowest BCUT2D eigenvalue weighted by Gasteiger charge is -2.25. The second kappa shape index (κ2) is 9.98. The Morgan fingerprint density at radius 2 is 1.76 bits per heavy atom. The monoisotopic (exact) mass is 439 g/mol. The van der Waals surface area contributed by atoms with Crippen molar-refractivity contribution in [3.63, 3.8) is 0 Å². The van der Waals surface area contributed by atoms with Crippen LogP contribution in [0.5, 0.6) is 11.5 Å². The number of amides is 1.